The van der Waals surface area contributed by atoms with E-state index in [1.165, 1.54) is 18.3 Å². The van der Waals surface area contributed by atoms with Gasteiger partial charge in [-0.2, -0.15) is 0 Å². The highest BCUT2D eigenvalue weighted by Gasteiger charge is 2.14. The number of aryl methyl sites for hydroxylation is 1. The summed E-state index contributed by atoms with van der Waals surface area (Å²) < 4.78 is 15.9. The van der Waals surface area contributed by atoms with Gasteiger partial charge in [0.2, 0.25) is 0 Å². The first-order chi connectivity index (χ1) is 11.5. The molecule has 1 aromatic carbocycles. The number of pyridine rings is 1. The van der Waals surface area contributed by atoms with Crippen LogP contribution in [0.1, 0.15) is 16.2 Å². The molecule has 3 aromatic rings. The van der Waals surface area contributed by atoms with Gasteiger partial charge < -0.3 is 9.88 Å². The van der Waals surface area contributed by atoms with Gasteiger partial charge in [0.25, 0.3) is 5.91 Å². The van der Waals surface area contributed by atoms with Crippen LogP contribution in [0.3, 0.4) is 0 Å². The lowest BCUT2D eigenvalue weighted by molar-refractivity contribution is 0.102. The van der Waals surface area contributed by atoms with Crippen molar-refractivity contribution in [2.75, 3.05) is 5.32 Å². The summed E-state index contributed by atoms with van der Waals surface area (Å²) in [7, 11) is 0. The van der Waals surface area contributed by atoms with E-state index in [9.17, 15) is 9.18 Å². The van der Waals surface area contributed by atoms with Crippen molar-refractivity contribution < 1.29 is 9.18 Å². The second kappa shape index (κ2) is 6.59. The van der Waals surface area contributed by atoms with Gasteiger partial charge >= 0.3 is 0 Å². The zero-order valence-corrected chi connectivity index (χ0v) is 13.9. The van der Waals surface area contributed by atoms with E-state index >= 15 is 0 Å². The first kappa shape index (κ1) is 16.4. The summed E-state index contributed by atoms with van der Waals surface area (Å²) in [5.41, 5.74) is 0.794. The summed E-state index contributed by atoms with van der Waals surface area (Å²) in [6.45, 7) is 1.77. The van der Waals surface area contributed by atoms with Crippen molar-refractivity contribution in [3.05, 3.63) is 70.2 Å². The van der Waals surface area contributed by atoms with Gasteiger partial charge in [-0.1, -0.05) is 23.2 Å². The van der Waals surface area contributed by atoms with Crippen LogP contribution in [-0.4, -0.2) is 20.4 Å². The quantitative estimate of drug-likeness (QED) is 0.705. The number of nitrogens with zero attached hydrogens (tertiary/aromatic N) is 3. The average molecular weight is 365 g/mol. The number of halogens is 3. The van der Waals surface area contributed by atoms with Crippen molar-refractivity contribution in [3.8, 4) is 5.69 Å². The number of anilines is 1. The van der Waals surface area contributed by atoms with Crippen molar-refractivity contribution in [3.63, 3.8) is 0 Å². The fraction of sp³-hybridized carbons (Fsp3) is 0.0625. The van der Waals surface area contributed by atoms with Gasteiger partial charge in [-0.25, -0.2) is 14.4 Å². The maximum Gasteiger partial charge on any atom is 0.257 e. The molecular weight excluding hydrogens is 354 g/mol. The number of hydrogen-bond donors (Lipinski definition) is 1. The van der Waals surface area contributed by atoms with Crippen LogP contribution in [0.5, 0.6) is 0 Å². The normalized spacial score (nSPS) is 10.7. The predicted octanol–water partition coefficient (Wildman–Crippen LogP) is 4.27. The van der Waals surface area contributed by atoms with E-state index in [1.807, 2.05) is 0 Å². The molecule has 3 rings (SSSR count). The number of amides is 1. The van der Waals surface area contributed by atoms with Gasteiger partial charge in [-0.05, 0) is 31.2 Å². The minimum Gasteiger partial charge on any atom is -0.322 e. The fourth-order valence-electron chi connectivity index (χ4n) is 2.20. The predicted molar refractivity (Wildman–Crippen MR) is 90.5 cm³/mol. The van der Waals surface area contributed by atoms with E-state index in [1.54, 1.807) is 36.0 Å². The van der Waals surface area contributed by atoms with E-state index in [0.717, 1.165) is 0 Å². The van der Waals surface area contributed by atoms with Crippen molar-refractivity contribution in [2.45, 2.75) is 6.92 Å². The number of rotatable bonds is 3. The maximum atomic E-state index is 14.3. The Kier molecular flexibility index (Phi) is 4.51. The van der Waals surface area contributed by atoms with Crippen LogP contribution in [0.25, 0.3) is 5.69 Å². The Hall–Kier alpha value is -2.44. The smallest absolute Gasteiger partial charge is 0.257 e. The van der Waals surface area contributed by atoms with Crippen LogP contribution in [0.2, 0.25) is 10.2 Å². The lowest BCUT2D eigenvalue weighted by atomic mass is 10.2. The number of carbonyl (C=O) groups is 1. The molecule has 8 heteroatoms. The standard InChI is InChI=1S/C16H11Cl2FN4O/c1-9-20-4-5-23(9)14-3-2-10(6-13(14)19)22-16(24)11-7-15(18)21-8-12(11)17/h2-8H,1H3,(H,22,24). The molecule has 2 heterocycles. The molecular formula is C16H11Cl2FN4O. The van der Waals surface area contributed by atoms with Crippen LogP contribution in [0.4, 0.5) is 10.1 Å². The highest BCUT2D eigenvalue weighted by molar-refractivity contribution is 6.35. The topological polar surface area (TPSA) is 59.8 Å². The van der Waals surface area contributed by atoms with E-state index in [0.29, 0.717) is 17.2 Å². The SMILES string of the molecule is Cc1nccn1-c1ccc(NC(=O)c2cc(Cl)ncc2Cl)cc1F. The van der Waals surface area contributed by atoms with Crippen molar-refractivity contribution in [2.24, 2.45) is 0 Å². The first-order valence-electron chi connectivity index (χ1n) is 6.88. The molecule has 122 valence electrons. The van der Waals surface area contributed by atoms with Gasteiger partial charge in [0.1, 0.15) is 16.8 Å². The minimum absolute atomic E-state index is 0.140. The van der Waals surface area contributed by atoms with Crippen LogP contribution < -0.4 is 5.32 Å². The number of imidazole rings is 1. The number of nitrogens with one attached hydrogen (secondary N) is 1. The first-order valence-corrected chi connectivity index (χ1v) is 7.63. The maximum absolute atomic E-state index is 14.3. The van der Waals surface area contributed by atoms with Crippen LogP contribution in [0, 0.1) is 12.7 Å². The Morgan fingerprint density at radius 1 is 1.25 bits per heavy atom. The molecule has 0 spiro atoms. The lowest BCUT2D eigenvalue weighted by Gasteiger charge is -2.10. The van der Waals surface area contributed by atoms with E-state index in [4.69, 9.17) is 23.2 Å². The molecule has 0 aliphatic heterocycles. The molecule has 0 aliphatic rings. The molecule has 1 amide bonds. The van der Waals surface area contributed by atoms with Crippen LogP contribution >= 0.6 is 23.2 Å². The zero-order valence-electron chi connectivity index (χ0n) is 12.4. The van der Waals surface area contributed by atoms with Crippen molar-refractivity contribution in [1.29, 1.82) is 0 Å². The third kappa shape index (κ3) is 3.25. The molecule has 0 aliphatic carbocycles. The molecule has 0 saturated carbocycles. The summed E-state index contributed by atoms with van der Waals surface area (Å²) in [6, 6.07) is 5.72. The molecule has 0 fully saturated rings. The Balaban J connectivity index is 1.86. The van der Waals surface area contributed by atoms with E-state index < -0.39 is 11.7 Å². The number of benzene rings is 1. The summed E-state index contributed by atoms with van der Waals surface area (Å²) in [4.78, 5) is 20.1. The van der Waals surface area contributed by atoms with Gasteiger partial charge in [0, 0.05) is 24.3 Å². The largest absolute Gasteiger partial charge is 0.322 e. The second-order valence-corrected chi connectivity index (χ2v) is 5.75. The third-order valence-corrected chi connectivity index (χ3v) is 3.87. The lowest BCUT2D eigenvalue weighted by Crippen LogP contribution is -2.13. The summed E-state index contributed by atoms with van der Waals surface area (Å²) >= 11 is 11.7. The Morgan fingerprint density at radius 3 is 2.71 bits per heavy atom. The molecule has 2 aromatic heterocycles. The van der Waals surface area contributed by atoms with Gasteiger partial charge in [0.05, 0.1) is 16.3 Å². The third-order valence-electron chi connectivity index (χ3n) is 3.36. The molecule has 0 atom stereocenters. The van der Waals surface area contributed by atoms with Gasteiger partial charge in [-0.15, -0.1) is 0 Å². The molecule has 0 saturated heterocycles. The molecule has 24 heavy (non-hydrogen) atoms. The average Bonchev–Trinajstić information content (AvgIpc) is 2.96. The molecule has 1 N–H and O–H groups in total. The molecule has 0 unspecified atom stereocenters. The zero-order chi connectivity index (χ0) is 17.3. The van der Waals surface area contributed by atoms with E-state index in [-0.39, 0.29) is 15.7 Å². The highest BCUT2D eigenvalue weighted by Crippen LogP contribution is 2.22. The van der Waals surface area contributed by atoms with E-state index in [2.05, 4.69) is 15.3 Å². The van der Waals surface area contributed by atoms with Crippen LogP contribution in [-0.2, 0) is 0 Å². The highest BCUT2D eigenvalue weighted by atomic mass is 35.5. The van der Waals surface area contributed by atoms with Crippen LogP contribution in [0.15, 0.2) is 42.9 Å². The summed E-state index contributed by atoms with van der Waals surface area (Å²) in [5, 5.41) is 2.88. The fourth-order valence-corrected chi connectivity index (χ4v) is 2.55. The van der Waals surface area contributed by atoms with Gasteiger partial charge in [0.15, 0.2) is 0 Å². The summed E-state index contributed by atoms with van der Waals surface area (Å²) in [5.74, 6) is -0.341. The number of hydrogen-bond acceptors (Lipinski definition) is 3. The summed E-state index contributed by atoms with van der Waals surface area (Å²) in [6.07, 6.45) is 4.52. The Morgan fingerprint density at radius 2 is 2.04 bits per heavy atom. The van der Waals surface area contributed by atoms with Gasteiger partial charge in [-0.3, -0.25) is 4.79 Å². The number of carbonyl (C=O) groups excluding carboxylic acids is 1. The van der Waals surface area contributed by atoms with Crippen molar-refractivity contribution in [1.82, 2.24) is 14.5 Å². The Bertz CT molecular complexity index is 926. The second-order valence-electron chi connectivity index (χ2n) is 4.95. The monoisotopic (exact) mass is 364 g/mol. The number of aromatic nitrogens is 3. The molecule has 0 bridgehead atoms. The molecule has 0 radical (unpaired) electrons. The molecule has 5 nitrogen and oxygen atoms in total. The minimum atomic E-state index is -0.504. The van der Waals surface area contributed by atoms with Crippen molar-refractivity contribution >= 4 is 34.8 Å². The Labute approximate surface area is 147 Å².